The molecule has 0 aliphatic carbocycles. The maximum Gasteiger partial charge on any atom is 0.269 e. The van der Waals surface area contributed by atoms with Crippen LogP contribution in [0.5, 0.6) is 0 Å². The summed E-state index contributed by atoms with van der Waals surface area (Å²) in [5, 5.41) is 9.72. The van der Waals surface area contributed by atoms with Gasteiger partial charge in [0.2, 0.25) is 5.91 Å². The first kappa shape index (κ1) is 16.3. The number of amides is 2. The number of anilines is 1. The molecule has 2 aliphatic rings. The second-order valence-corrected chi connectivity index (χ2v) is 6.58. The maximum absolute atomic E-state index is 12.5. The SMILES string of the molecule is CC(NC(=O)C1=NOC(c2ccccc2)C1)c1ccc2c(c1)CC(=O)N2. The number of rotatable bonds is 4. The lowest BCUT2D eigenvalue weighted by Gasteiger charge is -2.15. The van der Waals surface area contributed by atoms with Gasteiger partial charge in [-0.2, -0.15) is 0 Å². The zero-order valence-electron chi connectivity index (χ0n) is 14.4. The molecule has 0 fully saturated rings. The van der Waals surface area contributed by atoms with E-state index in [0.29, 0.717) is 18.6 Å². The summed E-state index contributed by atoms with van der Waals surface area (Å²) in [6.07, 6.45) is 0.609. The van der Waals surface area contributed by atoms with Gasteiger partial charge in [0.05, 0.1) is 12.5 Å². The van der Waals surface area contributed by atoms with E-state index >= 15 is 0 Å². The van der Waals surface area contributed by atoms with Gasteiger partial charge in [0.25, 0.3) is 5.91 Å². The van der Waals surface area contributed by atoms with Crippen LogP contribution >= 0.6 is 0 Å². The van der Waals surface area contributed by atoms with E-state index in [2.05, 4.69) is 15.8 Å². The Morgan fingerprint density at radius 3 is 2.88 bits per heavy atom. The van der Waals surface area contributed by atoms with Crippen molar-refractivity contribution in [2.24, 2.45) is 5.16 Å². The van der Waals surface area contributed by atoms with Crippen LogP contribution in [0.15, 0.2) is 53.7 Å². The van der Waals surface area contributed by atoms with Gasteiger partial charge in [-0.25, -0.2) is 0 Å². The van der Waals surface area contributed by atoms with E-state index in [9.17, 15) is 9.59 Å². The summed E-state index contributed by atoms with van der Waals surface area (Å²) >= 11 is 0. The monoisotopic (exact) mass is 349 g/mol. The first-order chi connectivity index (χ1) is 12.6. The third-order valence-electron chi connectivity index (χ3n) is 4.70. The molecule has 0 spiro atoms. The number of carbonyl (C=O) groups excluding carboxylic acids is 2. The van der Waals surface area contributed by atoms with Crippen LogP contribution in [0.4, 0.5) is 5.69 Å². The van der Waals surface area contributed by atoms with Crippen molar-refractivity contribution in [1.82, 2.24) is 5.32 Å². The van der Waals surface area contributed by atoms with Crippen molar-refractivity contribution in [2.45, 2.75) is 31.9 Å². The summed E-state index contributed by atoms with van der Waals surface area (Å²) in [5.41, 5.74) is 4.15. The lowest BCUT2D eigenvalue weighted by atomic mass is 10.0. The van der Waals surface area contributed by atoms with Crippen molar-refractivity contribution in [2.75, 3.05) is 5.32 Å². The summed E-state index contributed by atoms with van der Waals surface area (Å²) in [4.78, 5) is 29.4. The molecule has 4 rings (SSSR count). The Kier molecular flexibility index (Phi) is 4.16. The van der Waals surface area contributed by atoms with Crippen LogP contribution in [0.2, 0.25) is 0 Å². The summed E-state index contributed by atoms with van der Waals surface area (Å²) in [5.74, 6) is -0.233. The molecule has 2 unspecified atom stereocenters. The van der Waals surface area contributed by atoms with Crippen LogP contribution in [-0.4, -0.2) is 17.5 Å². The molecule has 6 nitrogen and oxygen atoms in total. The molecule has 0 saturated carbocycles. The fraction of sp³-hybridized carbons (Fsp3) is 0.250. The number of benzene rings is 2. The van der Waals surface area contributed by atoms with Crippen molar-refractivity contribution in [1.29, 1.82) is 0 Å². The average molecular weight is 349 g/mol. The van der Waals surface area contributed by atoms with Gasteiger partial charge in [0, 0.05) is 12.1 Å². The number of nitrogens with one attached hydrogen (secondary N) is 2. The molecule has 26 heavy (non-hydrogen) atoms. The minimum absolute atomic E-state index is 0.00162. The number of hydrogen-bond acceptors (Lipinski definition) is 4. The van der Waals surface area contributed by atoms with Crippen LogP contribution in [0, 0.1) is 0 Å². The minimum atomic E-state index is -0.231. The lowest BCUT2D eigenvalue weighted by Crippen LogP contribution is -2.32. The van der Waals surface area contributed by atoms with Gasteiger partial charge in [-0.15, -0.1) is 0 Å². The molecular formula is C20H19N3O3. The predicted octanol–water partition coefficient (Wildman–Crippen LogP) is 2.88. The van der Waals surface area contributed by atoms with Crippen LogP contribution in [0.1, 0.15) is 42.2 Å². The van der Waals surface area contributed by atoms with Gasteiger partial charge in [0.15, 0.2) is 6.10 Å². The Balaban J connectivity index is 1.39. The minimum Gasteiger partial charge on any atom is -0.387 e. The zero-order chi connectivity index (χ0) is 18.1. The highest BCUT2D eigenvalue weighted by Gasteiger charge is 2.28. The number of nitrogens with zero attached hydrogens (tertiary/aromatic N) is 1. The zero-order valence-corrected chi connectivity index (χ0v) is 14.4. The number of hydrogen-bond donors (Lipinski definition) is 2. The molecule has 2 aliphatic heterocycles. The van der Waals surface area contributed by atoms with Gasteiger partial charge < -0.3 is 15.5 Å². The maximum atomic E-state index is 12.5. The summed E-state index contributed by atoms with van der Waals surface area (Å²) in [6, 6.07) is 15.3. The lowest BCUT2D eigenvalue weighted by molar-refractivity contribution is -0.116. The highest BCUT2D eigenvalue weighted by Crippen LogP contribution is 2.28. The topological polar surface area (TPSA) is 79.8 Å². The highest BCUT2D eigenvalue weighted by atomic mass is 16.6. The molecule has 132 valence electrons. The summed E-state index contributed by atoms with van der Waals surface area (Å²) in [6.45, 7) is 1.91. The molecule has 0 saturated heterocycles. The fourth-order valence-electron chi connectivity index (χ4n) is 3.24. The predicted molar refractivity (Wildman–Crippen MR) is 97.7 cm³/mol. The molecule has 2 aromatic carbocycles. The molecule has 2 amide bonds. The summed E-state index contributed by atoms with van der Waals surface area (Å²) < 4.78 is 0. The Labute approximate surface area is 151 Å². The molecule has 6 heteroatoms. The van der Waals surface area contributed by atoms with Crippen molar-refractivity contribution in [3.8, 4) is 0 Å². The van der Waals surface area contributed by atoms with Gasteiger partial charge in [-0.1, -0.05) is 47.6 Å². The third-order valence-corrected chi connectivity index (χ3v) is 4.70. The second kappa shape index (κ2) is 6.63. The van der Waals surface area contributed by atoms with Crippen molar-refractivity contribution in [3.63, 3.8) is 0 Å². The third kappa shape index (κ3) is 3.18. The van der Waals surface area contributed by atoms with Crippen molar-refractivity contribution >= 4 is 23.2 Å². The smallest absolute Gasteiger partial charge is 0.269 e. The van der Waals surface area contributed by atoms with Crippen LogP contribution < -0.4 is 10.6 Å². The van der Waals surface area contributed by atoms with Gasteiger partial charge in [-0.05, 0) is 29.7 Å². The van der Waals surface area contributed by atoms with Crippen LogP contribution in [0.3, 0.4) is 0 Å². The van der Waals surface area contributed by atoms with Crippen LogP contribution in [-0.2, 0) is 20.8 Å². The number of oxime groups is 1. The Hall–Kier alpha value is -3.15. The van der Waals surface area contributed by atoms with Gasteiger partial charge >= 0.3 is 0 Å². The van der Waals surface area contributed by atoms with E-state index in [-0.39, 0.29) is 24.0 Å². The second-order valence-electron chi connectivity index (χ2n) is 6.58. The molecule has 2 atom stereocenters. The highest BCUT2D eigenvalue weighted by molar-refractivity contribution is 6.39. The molecular weight excluding hydrogens is 330 g/mol. The van der Waals surface area contributed by atoms with E-state index in [1.165, 1.54) is 0 Å². The molecule has 2 N–H and O–H groups in total. The van der Waals surface area contributed by atoms with Gasteiger partial charge in [0.1, 0.15) is 5.71 Å². The van der Waals surface area contributed by atoms with Crippen molar-refractivity contribution < 1.29 is 14.4 Å². The van der Waals surface area contributed by atoms with E-state index in [0.717, 1.165) is 22.4 Å². The fourth-order valence-corrected chi connectivity index (χ4v) is 3.24. The molecule has 0 bridgehead atoms. The molecule has 0 aromatic heterocycles. The average Bonchev–Trinajstić information content (AvgIpc) is 3.27. The Bertz CT molecular complexity index is 892. The van der Waals surface area contributed by atoms with E-state index in [1.54, 1.807) is 0 Å². The van der Waals surface area contributed by atoms with E-state index in [1.807, 2.05) is 55.5 Å². The Morgan fingerprint density at radius 1 is 1.27 bits per heavy atom. The van der Waals surface area contributed by atoms with Gasteiger partial charge in [-0.3, -0.25) is 9.59 Å². The first-order valence-electron chi connectivity index (χ1n) is 8.61. The molecule has 0 radical (unpaired) electrons. The number of carbonyl (C=O) groups is 2. The van der Waals surface area contributed by atoms with Crippen LogP contribution in [0.25, 0.3) is 0 Å². The van der Waals surface area contributed by atoms with E-state index in [4.69, 9.17) is 4.84 Å². The quantitative estimate of drug-likeness (QED) is 0.891. The number of fused-ring (bicyclic) bond motifs is 1. The Morgan fingerprint density at radius 2 is 2.08 bits per heavy atom. The standard InChI is InChI=1S/C20H19N3O3/c1-12(14-7-8-16-15(9-14)10-19(24)22-16)21-20(25)17-11-18(26-23-17)13-5-3-2-4-6-13/h2-9,12,18H,10-11H2,1H3,(H,21,25)(H,22,24). The summed E-state index contributed by atoms with van der Waals surface area (Å²) in [7, 11) is 0. The molecule has 2 aromatic rings. The largest absolute Gasteiger partial charge is 0.387 e. The molecule has 2 heterocycles. The van der Waals surface area contributed by atoms with Crippen molar-refractivity contribution in [3.05, 3.63) is 65.2 Å². The van der Waals surface area contributed by atoms with E-state index < -0.39 is 0 Å². The normalized spacial score (nSPS) is 19.2. The first-order valence-corrected chi connectivity index (χ1v) is 8.61.